The van der Waals surface area contributed by atoms with Gasteiger partial charge in [-0.2, -0.15) is 0 Å². The molecule has 0 unspecified atom stereocenters. The van der Waals surface area contributed by atoms with Gasteiger partial charge in [-0.05, 0) is 93.0 Å². The summed E-state index contributed by atoms with van der Waals surface area (Å²) in [5.41, 5.74) is 2.02. The molecule has 4 fully saturated rings. The third-order valence-corrected chi connectivity index (χ3v) is 8.96. The first kappa shape index (κ1) is 17.7. The molecule has 5 aliphatic rings. The highest BCUT2D eigenvalue weighted by Crippen LogP contribution is 2.60. The Labute approximate surface area is 161 Å². The molecule has 1 aromatic carbocycles. The summed E-state index contributed by atoms with van der Waals surface area (Å²) in [4.78, 5) is 15.9. The summed E-state index contributed by atoms with van der Waals surface area (Å²) >= 11 is 0. The Hall–Kier alpha value is -1.40. The molecular weight excluding hydrogens is 360 g/mol. The number of nitrogens with one attached hydrogen (secondary N) is 1. The molecule has 1 heterocycles. The maximum absolute atomic E-state index is 13.6. The Morgan fingerprint density at radius 1 is 1.07 bits per heavy atom. The van der Waals surface area contributed by atoms with Gasteiger partial charge < -0.3 is 4.90 Å². The first-order valence-corrected chi connectivity index (χ1v) is 11.7. The summed E-state index contributed by atoms with van der Waals surface area (Å²) in [6.45, 7) is 1.30. The van der Waals surface area contributed by atoms with Crippen LogP contribution in [0.1, 0.15) is 49.7 Å². The number of nitrogens with zero attached hydrogens (tertiary/aromatic N) is 1. The number of fused-ring (bicyclic) bond motifs is 1. The lowest BCUT2D eigenvalue weighted by molar-refractivity contribution is -0.158. The van der Waals surface area contributed by atoms with Crippen molar-refractivity contribution in [2.24, 2.45) is 23.2 Å². The average molecular weight is 389 g/mol. The van der Waals surface area contributed by atoms with Crippen molar-refractivity contribution in [3.05, 3.63) is 29.3 Å². The zero-order valence-electron chi connectivity index (χ0n) is 15.9. The summed E-state index contributed by atoms with van der Waals surface area (Å²) in [7, 11) is -2.03. The van der Waals surface area contributed by atoms with E-state index in [1.807, 2.05) is 11.0 Å². The van der Waals surface area contributed by atoms with Crippen molar-refractivity contribution in [1.82, 2.24) is 9.62 Å². The van der Waals surface area contributed by atoms with Crippen molar-refractivity contribution >= 4 is 15.9 Å². The Balaban J connectivity index is 1.41. The Kier molecular flexibility index (Phi) is 3.96. The molecule has 1 aromatic rings. The van der Waals surface area contributed by atoms with Crippen LogP contribution in [0.5, 0.6) is 0 Å². The average Bonchev–Trinajstić information content (AvgIpc) is 2.65. The van der Waals surface area contributed by atoms with Crippen LogP contribution in [0.15, 0.2) is 23.1 Å². The Bertz CT molecular complexity index is 857. The minimum absolute atomic E-state index is 0.124. The lowest BCUT2D eigenvalue weighted by Gasteiger charge is -2.56. The molecule has 4 aliphatic carbocycles. The third kappa shape index (κ3) is 2.83. The first-order chi connectivity index (χ1) is 12.9. The summed E-state index contributed by atoms with van der Waals surface area (Å²) in [5, 5.41) is 0. The topological polar surface area (TPSA) is 66.5 Å². The number of rotatable bonds is 3. The molecule has 1 amide bonds. The van der Waals surface area contributed by atoms with Crippen LogP contribution in [0.25, 0.3) is 0 Å². The predicted octanol–water partition coefficient (Wildman–Crippen LogP) is 2.70. The number of hydrogen-bond donors (Lipinski definition) is 1. The molecule has 27 heavy (non-hydrogen) atoms. The predicted molar refractivity (Wildman–Crippen MR) is 102 cm³/mol. The van der Waals surface area contributed by atoms with Crippen molar-refractivity contribution in [2.75, 3.05) is 13.6 Å². The minimum atomic E-state index is -3.46. The first-order valence-electron chi connectivity index (χ1n) is 10.2. The van der Waals surface area contributed by atoms with Crippen molar-refractivity contribution < 1.29 is 13.2 Å². The van der Waals surface area contributed by atoms with Crippen molar-refractivity contribution in [3.8, 4) is 0 Å². The molecule has 4 saturated carbocycles. The molecule has 6 heteroatoms. The van der Waals surface area contributed by atoms with E-state index in [1.54, 1.807) is 12.1 Å². The van der Waals surface area contributed by atoms with Crippen LogP contribution in [-0.2, 0) is 27.8 Å². The number of carbonyl (C=O) groups is 1. The van der Waals surface area contributed by atoms with E-state index < -0.39 is 10.0 Å². The quantitative estimate of drug-likeness (QED) is 0.866. The summed E-state index contributed by atoms with van der Waals surface area (Å²) in [6.07, 6.45) is 8.05. The molecule has 6 rings (SSSR count). The molecule has 0 spiro atoms. The molecule has 146 valence electrons. The van der Waals surface area contributed by atoms with Crippen LogP contribution >= 0.6 is 0 Å². The van der Waals surface area contributed by atoms with Crippen LogP contribution in [0.2, 0.25) is 0 Å². The van der Waals surface area contributed by atoms with E-state index in [4.69, 9.17) is 0 Å². The smallest absolute Gasteiger partial charge is 0.240 e. The molecule has 1 N–H and O–H groups in total. The fraction of sp³-hybridized carbons (Fsp3) is 0.667. The third-order valence-electron chi connectivity index (χ3n) is 7.55. The van der Waals surface area contributed by atoms with Gasteiger partial charge in [0.2, 0.25) is 15.9 Å². The molecule has 1 aliphatic heterocycles. The molecule has 0 radical (unpaired) electrons. The largest absolute Gasteiger partial charge is 0.338 e. The van der Waals surface area contributed by atoms with Gasteiger partial charge >= 0.3 is 0 Å². The number of sulfonamides is 1. The van der Waals surface area contributed by atoms with E-state index in [-0.39, 0.29) is 10.3 Å². The van der Waals surface area contributed by atoms with Gasteiger partial charge in [-0.15, -0.1) is 0 Å². The SMILES string of the molecule is CNS(=O)(=O)c1ccc2c(c1)CN(C(=O)C13CC4CC(CC(C4)C1)C3)CC2. The number of carbonyl (C=O) groups excluding carboxylic acids is 1. The lowest BCUT2D eigenvalue weighted by Crippen LogP contribution is -2.55. The van der Waals surface area contributed by atoms with Crippen LogP contribution in [0, 0.1) is 23.2 Å². The summed E-state index contributed by atoms with van der Waals surface area (Å²) in [6, 6.07) is 5.33. The maximum atomic E-state index is 13.6. The van der Waals surface area contributed by atoms with Gasteiger partial charge in [-0.3, -0.25) is 4.79 Å². The Morgan fingerprint density at radius 2 is 1.70 bits per heavy atom. The zero-order valence-corrected chi connectivity index (χ0v) is 16.7. The molecular formula is C21H28N2O3S. The van der Waals surface area contributed by atoms with E-state index in [9.17, 15) is 13.2 Å². The molecule has 0 atom stereocenters. The van der Waals surface area contributed by atoms with Gasteiger partial charge in [-0.25, -0.2) is 13.1 Å². The second-order valence-electron chi connectivity index (χ2n) is 9.31. The van der Waals surface area contributed by atoms with Gasteiger partial charge in [0.1, 0.15) is 0 Å². The second-order valence-corrected chi connectivity index (χ2v) is 11.2. The van der Waals surface area contributed by atoms with Crippen molar-refractivity contribution in [2.45, 2.75) is 56.4 Å². The van der Waals surface area contributed by atoms with Gasteiger partial charge in [0, 0.05) is 13.1 Å². The van der Waals surface area contributed by atoms with Crippen LogP contribution in [-0.4, -0.2) is 32.8 Å². The number of hydrogen-bond acceptors (Lipinski definition) is 3. The van der Waals surface area contributed by atoms with Crippen LogP contribution in [0.4, 0.5) is 0 Å². The highest BCUT2D eigenvalue weighted by Gasteiger charge is 2.55. The van der Waals surface area contributed by atoms with E-state index in [0.29, 0.717) is 12.5 Å². The molecule has 0 aromatic heterocycles. The van der Waals surface area contributed by atoms with Gasteiger partial charge in [0.05, 0.1) is 10.3 Å². The normalized spacial score (nSPS) is 34.6. The molecule has 4 bridgehead atoms. The fourth-order valence-electron chi connectivity index (χ4n) is 6.70. The summed E-state index contributed by atoms with van der Waals surface area (Å²) in [5.74, 6) is 2.60. The van der Waals surface area contributed by atoms with Crippen molar-refractivity contribution in [3.63, 3.8) is 0 Å². The van der Waals surface area contributed by atoms with Crippen molar-refractivity contribution in [1.29, 1.82) is 0 Å². The van der Waals surface area contributed by atoms with Crippen LogP contribution in [0.3, 0.4) is 0 Å². The number of benzene rings is 1. The molecule has 0 saturated heterocycles. The van der Waals surface area contributed by atoms with Gasteiger partial charge in [-0.1, -0.05) is 6.07 Å². The summed E-state index contributed by atoms with van der Waals surface area (Å²) < 4.78 is 26.7. The van der Waals surface area contributed by atoms with E-state index in [2.05, 4.69) is 4.72 Å². The van der Waals surface area contributed by atoms with Gasteiger partial charge in [0.25, 0.3) is 0 Å². The van der Waals surface area contributed by atoms with E-state index in [1.165, 1.54) is 31.9 Å². The maximum Gasteiger partial charge on any atom is 0.240 e. The van der Waals surface area contributed by atoms with E-state index >= 15 is 0 Å². The zero-order chi connectivity index (χ0) is 18.8. The highest BCUT2D eigenvalue weighted by atomic mass is 32.2. The standard InChI is InChI=1S/C21H28N2O3S/c1-22-27(25,26)19-3-2-17-4-5-23(13-18(17)9-19)20(24)21-10-14-6-15(11-21)8-16(7-14)12-21/h2-3,9,14-16,22H,4-8,10-13H2,1H3. The Morgan fingerprint density at radius 3 is 2.30 bits per heavy atom. The van der Waals surface area contributed by atoms with E-state index in [0.717, 1.165) is 55.5 Å². The fourth-order valence-corrected chi connectivity index (χ4v) is 7.48. The number of amides is 1. The lowest BCUT2D eigenvalue weighted by atomic mass is 9.49. The van der Waals surface area contributed by atoms with Gasteiger partial charge in [0.15, 0.2) is 0 Å². The van der Waals surface area contributed by atoms with Crippen LogP contribution < -0.4 is 4.72 Å². The minimum Gasteiger partial charge on any atom is -0.338 e. The highest BCUT2D eigenvalue weighted by molar-refractivity contribution is 7.89. The molecule has 5 nitrogen and oxygen atoms in total. The second kappa shape index (κ2) is 6.05. The monoisotopic (exact) mass is 388 g/mol.